The van der Waals surface area contributed by atoms with Crippen LogP contribution in [0.2, 0.25) is 0 Å². The van der Waals surface area contributed by atoms with E-state index in [4.69, 9.17) is 4.98 Å². The van der Waals surface area contributed by atoms with Gasteiger partial charge in [0, 0.05) is 74.4 Å². The van der Waals surface area contributed by atoms with E-state index in [1.165, 1.54) is 11.1 Å². The average molecular weight is 501 g/mol. The number of hydrogen-bond acceptors (Lipinski definition) is 7. The van der Waals surface area contributed by atoms with Crippen molar-refractivity contribution in [3.8, 4) is 0 Å². The highest BCUT2D eigenvalue weighted by molar-refractivity contribution is 5.95. The number of piperidine rings is 1. The second kappa shape index (κ2) is 10.5. The lowest BCUT2D eigenvalue weighted by atomic mass is 9.96. The molecule has 2 aliphatic rings. The molecule has 1 saturated heterocycles. The van der Waals surface area contributed by atoms with Crippen LogP contribution < -0.4 is 10.6 Å². The Morgan fingerprint density at radius 2 is 1.86 bits per heavy atom. The van der Waals surface area contributed by atoms with Gasteiger partial charge < -0.3 is 20.6 Å². The normalized spacial score (nSPS) is 19.9. The second-order valence-electron chi connectivity index (χ2n) is 10.3. The van der Waals surface area contributed by atoms with Gasteiger partial charge in [-0.1, -0.05) is 6.07 Å². The van der Waals surface area contributed by atoms with Gasteiger partial charge >= 0.3 is 0 Å². The molecule has 0 bridgehead atoms. The lowest BCUT2D eigenvalue weighted by molar-refractivity contribution is -0.0140. The van der Waals surface area contributed by atoms with E-state index in [0.717, 1.165) is 47.6 Å². The molecule has 2 aliphatic heterocycles. The van der Waals surface area contributed by atoms with Crippen LogP contribution in [-0.2, 0) is 13.0 Å². The minimum Gasteiger partial charge on any atom is -0.390 e. The quantitative estimate of drug-likeness (QED) is 0.490. The fraction of sp³-hybridized carbons (Fsp3) is 0.414. The zero-order valence-corrected chi connectivity index (χ0v) is 22.1. The van der Waals surface area contributed by atoms with Crippen molar-refractivity contribution in [1.82, 2.24) is 19.8 Å². The number of β-amino-alcohol motifs (C(OH)–C–C–N with tert-alkyl or cyclic N) is 1. The Hall–Kier alpha value is -3.49. The molecule has 3 N–H and O–H groups in total. The molecule has 1 fully saturated rings. The van der Waals surface area contributed by atoms with Gasteiger partial charge in [0.05, 0.1) is 11.8 Å². The second-order valence-corrected chi connectivity index (χ2v) is 10.3. The average Bonchev–Trinajstić information content (AvgIpc) is 2.87. The lowest BCUT2D eigenvalue weighted by Crippen LogP contribution is -2.56. The fourth-order valence-corrected chi connectivity index (χ4v) is 5.65. The van der Waals surface area contributed by atoms with Gasteiger partial charge in [-0.05, 0) is 74.2 Å². The summed E-state index contributed by atoms with van der Waals surface area (Å²) in [5, 5.41) is 17.5. The molecule has 1 aromatic heterocycles. The number of benzene rings is 2. The van der Waals surface area contributed by atoms with Crippen molar-refractivity contribution >= 4 is 23.2 Å². The first-order chi connectivity index (χ1) is 17.8. The monoisotopic (exact) mass is 500 g/mol. The van der Waals surface area contributed by atoms with Gasteiger partial charge in [0.15, 0.2) is 0 Å². The molecule has 3 heterocycles. The van der Waals surface area contributed by atoms with Gasteiger partial charge in [-0.3, -0.25) is 9.69 Å². The number of amides is 1. The topological polar surface area (TPSA) is 93.6 Å². The first-order valence-corrected chi connectivity index (χ1v) is 13.0. The molecule has 194 valence electrons. The Bertz CT molecular complexity index is 1290. The van der Waals surface area contributed by atoms with Crippen LogP contribution in [0.15, 0.2) is 42.6 Å². The predicted molar refractivity (Wildman–Crippen MR) is 146 cm³/mol. The summed E-state index contributed by atoms with van der Waals surface area (Å²) in [6, 6.07) is 12.0. The minimum absolute atomic E-state index is 0.0127. The Kier molecular flexibility index (Phi) is 7.13. The molecule has 37 heavy (non-hydrogen) atoms. The third kappa shape index (κ3) is 5.45. The number of anilines is 3. The van der Waals surface area contributed by atoms with Crippen molar-refractivity contribution in [2.75, 3.05) is 37.3 Å². The first kappa shape index (κ1) is 25.2. The number of carbonyl (C=O) groups excluding carboxylic acids is 1. The Labute approximate surface area is 218 Å². The summed E-state index contributed by atoms with van der Waals surface area (Å²) in [5.74, 6) is 0.589. The number of fused-ring (bicyclic) bond motifs is 1. The maximum Gasteiger partial charge on any atom is 0.253 e. The van der Waals surface area contributed by atoms with Gasteiger partial charge in [-0.25, -0.2) is 9.97 Å². The highest BCUT2D eigenvalue weighted by Crippen LogP contribution is 2.27. The van der Waals surface area contributed by atoms with Crippen LogP contribution >= 0.6 is 0 Å². The van der Waals surface area contributed by atoms with Gasteiger partial charge in [-0.2, -0.15) is 0 Å². The number of aliphatic hydroxyl groups is 1. The van der Waals surface area contributed by atoms with E-state index >= 15 is 0 Å². The van der Waals surface area contributed by atoms with E-state index in [0.29, 0.717) is 31.1 Å². The molecule has 0 aliphatic carbocycles. The highest BCUT2D eigenvalue weighted by Gasteiger charge is 2.35. The minimum atomic E-state index is -0.594. The molecule has 0 saturated carbocycles. The van der Waals surface area contributed by atoms with Crippen molar-refractivity contribution in [3.63, 3.8) is 0 Å². The summed E-state index contributed by atoms with van der Waals surface area (Å²) in [6.07, 6.45) is 2.86. The van der Waals surface area contributed by atoms with Crippen molar-refractivity contribution < 1.29 is 9.90 Å². The molecular formula is C29H36N6O2. The maximum atomic E-state index is 13.1. The summed E-state index contributed by atoms with van der Waals surface area (Å²) in [6.45, 7) is 8.66. The number of aliphatic hydroxyl groups excluding tert-OH is 1. The first-order valence-electron chi connectivity index (χ1n) is 13.0. The van der Waals surface area contributed by atoms with Crippen molar-refractivity contribution in [2.24, 2.45) is 0 Å². The van der Waals surface area contributed by atoms with Gasteiger partial charge in [0.1, 0.15) is 0 Å². The van der Waals surface area contributed by atoms with Crippen LogP contribution in [-0.4, -0.2) is 69.6 Å². The fourth-order valence-electron chi connectivity index (χ4n) is 5.65. The third-order valence-electron chi connectivity index (χ3n) is 7.49. The Morgan fingerprint density at radius 3 is 2.57 bits per heavy atom. The van der Waals surface area contributed by atoms with Crippen molar-refractivity contribution in [1.29, 1.82) is 0 Å². The molecule has 2 aromatic carbocycles. The summed E-state index contributed by atoms with van der Waals surface area (Å²) >= 11 is 0. The zero-order chi connectivity index (χ0) is 26.1. The largest absolute Gasteiger partial charge is 0.390 e. The number of likely N-dealkylation sites (tertiary alicyclic amines) is 1. The predicted octanol–water partition coefficient (Wildman–Crippen LogP) is 3.82. The van der Waals surface area contributed by atoms with Crippen LogP contribution in [0.25, 0.3) is 0 Å². The van der Waals surface area contributed by atoms with E-state index in [1.807, 2.05) is 38.4 Å². The summed E-state index contributed by atoms with van der Waals surface area (Å²) < 4.78 is 0. The third-order valence-corrected chi connectivity index (χ3v) is 7.49. The van der Waals surface area contributed by atoms with Crippen LogP contribution in [0, 0.1) is 20.8 Å². The number of rotatable bonds is 5. The molecule has 0 spiro atoms. The number of nitrogens with one attached hydrogen (secondary N) is 2. The SMILES string of the molecule is CNc1ccc(C(=O)N2CCC(N3CCc4nc(Nc5cc(C)cc(C)c5)ncc4C3)C(O)C2)cc1C. The van der Waals surface area contributed by atoms with Gasteiger partial charge in [-0.15, -0.1) is 0 Å². The standard InChI is InChI=1S/C29H36N6O2/c1-18-11-19(2)13-23(12-18)32-29-31-15-22-16-34(9-7-25(22)33-29)26-8-10-35(17-27(26)36)28(37)21-5-6-24(30-4)20(3)14-21/h5-6,11-15,26-27,30,36H,7-10,16-17H2,1-4H3,(H,31,32,33). The molecule has 8 heteroatoms. The molecule has 8 nitrogen and oxygen atoms in total. The molecule has 2 unspecified atom stereocenters. The molecular weight excluding hydrogens is 464 g/mol. The number of hydrogen-bond donors (Lipinski definition) is 3. The number of aromatic nitrogens is 2. The molecule has 2 atom stereocenters. The summed E-state index contributed by atoms with van der Waals surface area (Å²) in [4.78, 5) is 26.6. The van der Waals surface area contributed by atoms with Crippen molar-refractivity contribution in [3.05, 3.63) is 76.1 Å². The molecule has 3 aromatic rings. The lowest BCUT2D eigenvalue weighted by Gasteiger charge is -2.43. The summed E-state index contributed by atoms with van der Waals surface area (Å²) in [5.41, 5.74) is 8.25. The van der Waals surface area contributed by atoms with Crippen molar-refractivity contribution in [2.45, 2.75) is 52.3 Å². The number of carbonyl (C=O) groups is 1. The van der Waals surface area contributed by atoms with Gasteiger partial charge in [0.25, 0.3) is 5.91 Å². The number of aryl methyl sites for hydroxylation is 3. The van der Waals surface area contributed by atoms with Crippen LogP contribution in [0.3, 0.4) is 0 Å². The smallest absolute Gasteiger partial charge is 0.253 e. The van der Waals surface area contributed by atoms with E-state index in [2.05, 4.69) is 52.6 Å². The Morgan fingerprint density at radius 1 is 1.08 bits per heavy atom. The molecule has 1 amide bonds. The van der Waals surface area contributed by atoms with E-state index < -0.39 is 6.10 Å². The molecule has 5 rings (SSSR count). The number of nitrogens with zero attached hydrogens (tertiary/aromatic N) is 4. The van der Waals surface area contributed by atoms with E-state index in [9.17, 15) is 9.90 Å². The van der Waals surface area contributed by atoms with Crippen LogP contribution in [0.1, 0.15) is 44.7 Å². The van der Waals surface area contributed by atoms with Crippen LogP contribution in [0.5, 0.6) is 0 Å². The van der Waals surface area contributed by atoms with Crippen LogP contribution in [0.4, 0.5) is 17.3 Å². The van der Waals surface area contributed by atoms with E-state index in [1.54, 1.807) is 4.90 Å². The van der Waals surface area contributed by atoms with Gasteiger partial charge in [0.2, 0.25) is 5.95 Å². The Balaban J connectivity index is 1.21. The molecule has 0 radical (unpaired) electrons. The summed E-state index contributed by atoms with van der Waals surface area (Å²) in [7, 11) is 1.87. The van der Waals surface area contributed by atoms with E-state index in [-0.39, 0.29) is 11.9 Å². The highest BCUT2D eigenvalue weighted by atomic mass is 16.3. The zero-order valence-electron chi connectivity index (χ0n) is 22.1. The maximum absolute atomic E-state index is 13.1.